The van der Waals surface area contributed by atoms with Gasteiger partial charge in [-0.1, -0.05) is 0 Å². The molecule has 0 aliphatic rings. The number of hydrogen-bond donors (Lipinski definition) is 3. The fourth-order valence-electron chi connectivity index (χ4n) is 0.934. The second kappa shape index (κ2) is 4.04. The van der Waals surface area contributed by atoms with E-state index in [4.69, 9.17) is 10.8 Å². The average molecular weight is 182 g/mol. The molecule has 1 atom stereocenters. The van der Waals surface area contributed by atoms with E-state index < -0.39 is 6.10 Å². The van der Waals surface area contributed by atoms with Crippen molar-refractivity contribution in [1.82, 2.24) is 9.97 Å². The molecule has 13 heavy (non-hydrogen) atoms. The lowest BCUT2D eigenvalue weighted by Crippen LogP contribution is -2.16. The smallest absolute Gasteiger partial charge is 0.222 e. The fourth-order valence-corrected chi connectivity index (χ4v) is 0.934. The molecule has 72 valence electrons. The highest BCUT2D eigenvalue weighted by Gasteiger charge is 1.99. The van der Waals surface area contributed by atoms with Crippen molar-refractivity contribution in [3.8, 4) is 0 Å². The molecule has 1 aromatic rings. The summed E-state index contributed by atoms with van der Waals surface area (Å²) in [4.78, 5) is 7.88. The second-order valence-corrected chi connectivity index (χ2v) is 2.98. The Balaban J connectivity index is 2.66. The van der Waals surface area contributed by atoms with Gasteiger partial charge in [0.25, 0.3) is 0 Å². The van der Waals surface area contributed by atoms with E-state index in [1.165, 1.54) is 0 Å². The van der Waals surface area contributed by atoms with Crippen LogP contribution in [0.4, 0.5) is 11.8 Å². The molecule has 0 amide bonds. The van der Waals surface area contributed by atoms with Gasteiger partial charge in [-0.05, 0) is 13.8 Å². The number of nitrogens with one attached hydrogen (secondary N) is 1. The van der Waals surface area contributed by atoms with Crippen LogP contribution in [0.1, 0.15) is 12.6 Å². The van der Waals surface area contributed by atoms with E-state index in [2.05, 4.69) is 15.3 Å². The molecule has 0 saturated heterocycles. The van der Waals surface area contributed by atoms with Gasteiger partial charge < -0.3 is 16.2 Å². The van der Waals surface area contributed by atoms with E-state index in [0.29, 0.717) is 12.4 Å². The molecular formula is C8H14N4O. The van der Waals surface area contributed by atoms with Crippen LogP contribution < -0.4 is 11.1 Å². The number of aliphatic hydroxyl groups is 1. The van der Waals surface area contributed by atoms with Crippen LogP contribution in [-0.4, -0.2) is 27.7 Å². The van der Waals surface area contributed by atoms with Gasteiger partial charge in [0.2, 0.25) is 5.95 Å². The minimum atomic E-state index is -0.406. The monoisotopic (exact) mass is 182 g/mol. The number of nitrogen functional groups attached to an aromatic ring is 1. The van der Waals surface area contributed by atoms with E-state index >= 15 is 0 Å². The molecule has 0 fully saturated rings. The highest BCUT2D eigenvalue weighted by molar-refractivity contribution is 5.40. The number of anilines is 2. The van der Waals surface area contributed by atoms with E-state index in [1.807, 2.05) is 6.92 Å². The molecule has 0 radical (unpaired) electrons. The highest BCUT2D eigenvalue weighted by atomic mass is 16.3. The molecule has 5 nitrogen and oxygen atoms in total. The van der Waals surface area contributed by atoms with Crippen LogP contribution in [0.5, 0.6) is 0 Å². The molecule has 0 aliphatic carbocycles. The average Bonchev–Trinajstić information content (AvgIpc) is 1.99. The number of aromatic nitrogens is 2. The Morgan fingerprint density at radius 1 is 1.62 bits per heavy atom. The van der Waals surface area contributed by atoms with Crippen molar-refractivity contribution in [2.75, 3.05) is 17.6 Å². The van der Waals surface area contributed by atoms with Crippen LogP contribution in [0.2, 0.25) is 0 Å². The Labute approximate surface area is 77.0 Å². The molecule has 1 rings (SSSR count). The first kappa shape index (κ1) is 9.73. The third kappa shape index (κ3) is 3.25. The third-order valence-corrected chi connectivity index (χ3v) is 1.45. The molecule has 0 aliphatic heterocycles. The minimum Gasteiger partial charge on any atom is -0.392 e. The Kier molecular flexibility index (Phi) is 3.02. The van der Waals surface area contributed by atoms with Crippen molar-refractivity contribution in [1.29, 1.82) is 0 Å². The van der Waals surface area contributed by atoms with Crippen LogP contribution in [0.3, 0.4) is 0 Å². The van der Waals surface area contributed by atoms with Crippen molar-refractivity contribution >= 4 is 11.8 Å². The summed E-state index contributed by atoms with van der Waals surface area (Å²) < 4.78 is 0. The Morgan fingerprint density at radius 3 is 2.85 bits per heavy atom. The van der Waals surface area contributed by atoms with Crippen molar-refractivity contribution in [2.24, 2.45) is 0 Å². The summed E-state index contributed by atoms with van der Waals surface area (Å²) in [7, 11) is 0. The van der Waals surface area contributed by atoms with Gasteiger partial charge in [0, 0.05) is 18.3 Å². The van der Waals surface area contributed by atoms with E-state index in [9.17, 15) is 0 Å². The van der Waals surface area contributed by atoms with Gasteiger partial charge in [0.15, 0.2) is 0 Å². The first-order valence-electron chi connectivity index (χ1n) is 4.11. The maximum atomic E-state index is 9.02. The summed E-state index contributed by atoms with van der Waals surface area (Å²) in [6.45, 7) is 3.99. The van der Waals surface area contributed by atoms with Gasteiger partial charge in [0.05, 0.1) is 6.10 Å². The number of aliphatic hydroxyl groups excluding tert-OH is 1. The van der Waals surface area contributed by atoms with E-state index in [0.717, 1.165) is 5.69 Å². The van der Waals surface area contributed by atoms with Gasteiger partial charge in [-0.15, -0.1) is 0 Å². The lowest BCUT2D eigenvalue weighted by Gasteiger charge is -2.08. The first-order chi connectivity index (χ1) is 6.08. The topological polar surface area (TPSA) is 84.1 Å². The van der Waals surface area contributed by atoms with Crippen LogP contribution in [0, 0.1) is 6.92 Å². The summed E-state index contributed by atoms with van der Waals surface area (Å²) in [5.74, 6) is 0.888. The lowest BCUT2D eigenvalue weighted by atomic mass is 10.4. The molecule has 1 unspecified atom stereocenters. The van der Waals surface area contributed by atoms with Crippen LogP contribution in [0.15, 0.2) is 6.07 Å². The number of aryl methyl sites for hydroxylation is 1. The summed E-state index contributed by atoms with van der Waals surface area (Å²) >= 11 is 0. The summed E-state index contributed by atoms with van der Waals surface area (Å²) in [6.07, 6.45) is -0.406. The Hall–Kier alpha value is -1.36. The molecule has 1 aromatic heterocycles. The SMILES string of the molecule is Cc1cc(NCC(C)O)nc(N)n1. The zero-order valence-electron chi connectivity index (χ0n) is 7.78. The zero-order valence-corrected chi connectivity index (χ0v) is 7.78. The van der Waals surface area contributed by atoms with Gasteiger partial charge in [-0.2, -0.15) is 4.98 Å². The van der Waals surface area contributed by atoms with E-state index in [1.54, 1.807) is 13.0 Å². The molecule has 5 heteroatoms. The third-order valence-electron chi connectivity index (χ3n) is 1.45. The standard InChI is InChI=1S/C8H14N4O/c1-5-3-7(10-4-6(2)13)12-8(9)11-5/h3,6,13H,4H2,1-2H3,(H3,9,10,11,12). The Morgan fingerprint density at radius 2 is 2.31 bits per heavy atom. The van der Waals surface area contributed by atoms with Gasteiger partial charge in [0.1, 0.15) is 5.82 Å². The molecule has 0 bridgehead atoms. The van der Waals surface area contributed by atoms with Crippen molar-refractivity contribution in [3.05, 3.63) is 11.8 Å². The zero-order chi connectivity index (χ0) is 9.84. The number of nitrogens with zero attached hydrogens (tertiary/aromatic N) is 2. The maximum Gasteiger partial charge on any atom is 0.222 e. The highest BCUT2D eigenvalue weighted by Crippen LogP contribution is 2.06. The number of hydrogen-bond acceptors (Lipinski definition) is 5. The largest absolute Gasteiger partial charge is 0.392 e. The molecular weight excluding hydrogens is 168 g/mol. The van der Waals surface area contributed by atoms with E-state index in [-0.39, 0.29) is 5.95 Å². The quantitative estimate of drug-likeness (QED) is 0.620. The first-order valence-corrected chi connectivity index (χ1v) is 4.11. The lowest BCUT2D eigenvalue weighted by molar-refractivity contribution is 0.208. The van der Waals surface area contributed by atoms with Gasteiger partial charge >= 0.3 is 0 Å². The van der Waals surface area contributed by atoms with Crippen LogP contribution in [0.25, 0.3) is 0 Å². The Bertz CT molecular complexity index is 267. The summed E-state index contributed by atoms with van der Waals surface area (Å²) in [5, 5.41) is 12.0. The predicted molar refractivity (Wildman–Crippen MR) is 51.4 cm³/mol. The summed E-state index contributed by atoms with van der Waals surface area (Å²) in [5.41, 5.74) is 6.25. The van der Waals surface area contributed by atoms with Gasteiger partial charge in [-0.3, -0.25) is 0 Å². The predicted octanol–water partition coefficient (Wildman–Crippen LogP) is 0.160. The fraction of sp³-hybridized carbons (Fsp3) is 0.500. The number of nitrogens with two attached hydrogens (primary N) is 1. The van der Waals surface area contributed by atoms with Crippen molar-refractivity contribution < 1.29 is 5.11 Å². The second-order valence-electron chi connectivity index (χ2n) is 2.98. The minimum absolute atomic E-state index is 0.244. The number of rotatable bonds is 3. The molecule has 0 saturated carbocycles. The molecule has 0 aromatic carbocycles. The van der Waals surface area contributed by atoms with Crippen LogP contribution in [-0.2, 0) is 0 Å². The van der Waals surface area contributed by atoms with Crippen LogP contribution >= 0.6 is 0 Å². The summed E-state index contributed by atoms with van der Waals surface area (Å²) in [6, 6.07) is 1.78. The molecule has 4 N–H and O–H groups in total. The molecule has 1 heterocycles. The molecule has 0 spiro atoms. The normalized spacial score (nSPS) is 12.5. The van der Waals surface area contributed by atoms with Crippen molar-refractivity contribution in [3.63, 3.8) is 0 Å². The maximum absolute atomic E-state index is 9.02. The van der Waals surface area contributed by atoms with Crippen molar-refractivity contribution in [2.45, 2.75) is 20.0 Å². The van der Waals surface area contributed by atoms with Gasteiger partial charge in [-0.25, -0.2) is 4.98 Å².